The Bertz CT molecular complexity index is 246. The molecule has 0 aromatic carbocycles. The van der Waals surface area contributed by atoms with Gasteiger partial charge in [-0.3, -0.25) is 9.78 Å². The van der Waals surface area contributed by atoms with Gasteiger partial charge in [0.1, 0.15) is 0 Å². The fraction of sp³-hybridized carbons (Fsp3) is 0.333. The third-order valence-corrected chi connectivity index (χ3v) is 1.56. The van der Waals surface area contributed by atoms with Crippen molar-refractivity contribution in [2.45, 2.75) is 19.9 Å². The van der Waals surface area contributed by atoms with E-state index in [-0.39, 0.29) is 5.91 Å². The van der Waals surface area contributed by atoms with Crippen LogP contribution in [0.4, 0.5) is 0 Å². The van der Waals surface area contributed by atoms with Gasteiger partial charge in [-0.15, -0.1) is 0 Å². The molecule has 1 aromatic rings. The second kappa shape index (κ2) is 4.49. The molecule has 64 valence electrons. The number of aromatic nitrogens is 1. The molecule has 1 rings (SSSR count). The number of hydrogen-bond donors (Lipinski definition) is 1. The molecule has 1 aromatic heterocycles. The summed E-state index contributed by atoms with van der Waals surface area (Å²) in [5.74, 6) is 0.0758. The molecule has 12 heavy (non-hydrogen) atoms. The molecule has 1 N–H and O–H groups in total. The van der Waals surface area contributed by atoms with Gasteiger partial charge in [0, 0.05) is 25.4 Å². The number of carbonyl (C=O) groups excluding carboxylic acids is 1. The smallest absolute Gasteiger partial charge is 0.219 e. The van der Waals surface area contributed by atoms with Crippen molar-refractivity contribution >= 4 is 5.91 Å². The average Bonchev–Trinajstić information content (AvgIpc) is 2.16. The summed E-state index contributed by atoms with van der Waals surface area (Å²) < 4.78 is 0. The highest BCUT2D eigenvalue weighted by atomic mass is 16.1. The van der Waals surface area contributed by atoms with Crippen LogP contribution >= 0.6 is 0 Å². The fourth-order valence-electron chi connectivity index (χ4n) is 0.826. The second-order valence-corrected chi connectivity index (χ2v) is 2.49. The van der Waals surface area contributed by atoms with Crippen LogP contribution in [0.25, 0.3) is 0 Å². The summed E-state index contributed by atoms with van der Waals surface area (Å²) in [6.07, 6.45) is 3.96. The molecule has 0 spiro atoms. The minimum Gasteiger partial charge on any atom is -0.352 e. The molecular weight excluding hydrogens is 152 g/mol. The van der Waals surface area contributed by atoms with Crippen LogP contribution in [0.15, 0.2) is 24.5 Å². The Balaban J connectivity index is 2.38. The molecule has 0 aliphatic heterocycles. The van der Waals surface area contributed by atoms with Crippen molar-refractivity contribution in [2.24, 2.45) is 0 Å². The molecule has 3 heteroatoms. The first-order valence-corrected chi connectivity index (χ1v) is 3.98. The summed E-state index contributed by atoms with van der Waals surface area (Å²) in [5.41, 5.74) is 1.08. The molecular formula is C9H12N2O. The Morgan fingerprint density at radius 1 is 1.50 bits per heavy atom. The van der Waals surface area contributed by atoms with E-state index in [0.717, 1.165) is 5.56 Å². The van der Waals surface area contributed by atoms with Crippen molar-refractivity contribution in [1.29, 1.82) is 0 Å². The molecule has 0 aliphatic carbocycles. The van der Waals surface area contributed by atoms with E-state index in [0.29, 0.717) is 13.0 Å². The zero-order chi connectivity index (χ0) is 8.81. The van der Waals surface area contributed by atoms with Crippen LogP contribution in [0.5, 0.6) is 0 Å². The predicted molar refractivity (Wildman–Crippen MR) is 46.4 cm³/mol. The summed E-state index contributed by atoms with van der Waals surface area (Å²) >= 11 is 0. The van der Waals surface area contributed by atoms with E-state index < -0.39 is 0 Å². The minimum atomic E-state index is 0.0758. The molecule has 0 aliphatic rings. The third-order valence-electron chi connectivity index (χ3n) is 1.56. The van der Waals surface area contributed by atoms with Crippen LogP contribution in [0.3, 0.4) is 0 Å². The van der Waals surface area contributed by atoms with E-state index in [1.54, 1.807) is 12.4 Å². The summed E-state index contributed by atoms with van der Waals surface area (Å²) in [6, 6.07) is 3.77. The van der Waals surface area contributed by atoms with Crippen LogP contribution in [-0.2, 0) is 11.3 Å². The van der Waals surface area contributed by atoms with Gasteiger partial charge in [0.15, 0.2) is 0 Å². The van der Waals surface area contributed by atoms with E-state index >= 15 is 0 Å². The number of nitrogens with zero attached hydrogens (tertiary/aromatic N) is 1. The minimum absolute atomic E-state index is 0.0758. The Morgan fingerprint density at radius 2 is 2.17 bits per heavy atom. The molecule has 0 unspecified atom stereocenters. The van der Waals surface area contributed by atoms with Crippen molar-refractivity contribution in [3.8, 4) is 0 Å². The second-order valence-electron chi connectivity index (χ2n) is 2.49. The van der Waals surface area contributed by atoms with Crippen molar-refractivity contribution in [3.63, 3.8) is 0 Å². The Labute approximate surface area is 71.8 Å². The van der Waals surface area contributed by atoms with E-state index in [2.05, 4.69) is 10.3 Å². The summed E-state index contributed by atoms with van der Waals surface area (Å²) in [4.78, 5) is 14.7. The number of rotatable bonds is 3. The molecule has 0 fully saturated rings. The molecule has 3 nitrogen and oxygen atoms in total. The molecule has 0 atom stereocenters. The first-order valence-electron chi connectivity index (χ1n) is 3.98. The zero-order valence-electron chi connectivity index (χ0n) is 7.08. The molecule has 1 amide bonds. The molecule has 1 heterocycles. The van der Waals surface area contributed by atoms with E-state index in [1.807, 2.05) is 19.1 Å². The van der Waals surface area contributed by atoms with Crippen molar-refractivity contribution in [3.05, 3.63) is 30.1 Å². The van der Waals surface area contributed by atoms with Gasteiger partial charge >= 0.3 is 0 Å². The molecule has 0 bridgehead atoms. The van der Waals surface area contributed by atoms with Crippen LogP contribution in [0, 0.1) is 0 Å². The normalized spacial score (nSPS) is 9.42. The first-order chi connectivity index (χ1) is 5.83. The number of amides is 1. The van der Waals surface area contributed by atoms with Crippen LogP contribution in [0.1, 0.15) is 18.9 Å². The van der Waals surface area contributed by atoms with Gasteiger partial charge in [-0.1, -0.05) is 6.92 Å². The lowest BCUT2D eigenvalue weighted by Crippen LogP contribution is -2.21. The highest BCUT2D eigenvalue weighted by Gasteiger charge is 1.95. The van der Waals surface area contributed by atoms with Gasteiger partial charge in [0.25, 0.3) is 0 Å². The number of nitrogens with one attached hydrogen (secondary N) is 1. The first kappa shape index (κ1) is 8.71. The lowest BCUT2D eigenvalue weighted by atomic mass is 10.2. The standard InChI is InChI=1S/C9H12N2O/c1-2-9(12)11-7-8-3-5-10-6-4-8/h3-6H,2,7H2,1H3,(H,11,12). The number of carbonyl (C=O) groups is 1. The maximum absolute atomic E-state index is 10.9. The monoisotopic (exact) mass is 164 g/mol. The highest BCUT2D eigenvalue weighted by Crippen LogP contribution is 1.94. The average molecular weight is 164 g/mol. The van der Waals surface area contributed by atoms with Crippen LogP contribution in [0.2, 0.25) is 0 Å². The van der Waals surface area contributed by atoms with E-state index in [9.17, 15) is 4.79 Å². The van der Waals surface area contributed by atoms with Crippen molar-refractivity contribution < 1.29 is 4.79 Å². The number of pyridine rings is 1. The summed E-state index contributed by atoms with van der Waals surface area (Å²) in [5, 5.41) is 2.78. The van der Waals surface area contributed by atoms with Gasteiger partial charge in [0.2, 0.25) is 5.91 Å². The summed E-state index contributed by atoms with van der Waals surface area (Å²) in [7, 11) is 0. The lowest BCUT2D eigenvalue weighted by Gasteiger charge is -2.01. The van der Waals surface area contributed by atoms with E-state index in [4.69, 9.17) is 0 Å². The summed E-state index contributed by atoms with van der Waals surface area (Å²) in [6.45, 7) is 2.43. The molecule has 0 saturated heterocycles. The zero-order valence-corrected chi connectivity index (χ0v) is 7.08. The van der Waals surface area contributed by atoms with Gasteiger partial charge in [-0.2, -0.15) is 0 Å². The van der Waals surface area contributed by atoms with Gasteiger partial charge < -0.3 is 5.32 Å². The third kappa shape index (κ3) is 2.70. The topological polar surface area (TPSA) is 42.0 Å². The highest BCUT2D eigenvalue weighted by molar-refractivity contribution is 5.75. The van der Waals surface area contributed by atoms with Gasteiger partial charge in [0.05, 0.1) is 0 Å². The van der Waals surface area contributed by atoms with Gasteiger partial charge in [-0.05, 0) is 17.7 Å². The van der Waals surface area contributed by atoms with Crippen LogP contribution < -0.4 is 5.32 Å². The van der Waals surface area contributed by atoms with Crippen LogP contribution in [-0.4, -0.2) is 10.9 Å². The lowest BCUT2D eigenvalue weighted by molar-refractivity contribution is -0.120. The van der Waals surface area contributed by atoms with E-state index in [1.165, 1.54) is 0 Å². The van der Waals surface area contributed by atoms with Gasteiger partial charge in [-0.25, -0.2) is 0 Å². The fourth-order valence-corrected chi connectivity index (χ4v) is 0.826. The maximum atomic E-state index is 10.9. The van der Waals surface area contributed by atoms with Crippen molar-refractivity contribution in [2.75, 3.05) is 0 Å². The number of hydrogen-bond acceptors (Lipinski definition) is 2. The Morgan fingerprint density at radius 3 is 2.75 bits per heavy atom. The Hall–Kier alpha value is -1.38. The largest absolute Gasteiger partial charge is 0.352 e. The molecule has 0 radical (unpaired) electrons. The quantitative estimate of drug-likeness (QED) is 0.727. The maximum Gasteiger partial charge on any atom is 0.219 e. The molecule has 0 saturated carbocycles. The Kier molecular flexibility index (Phi) is 3.26. The predicted octanol–water partition coefficient (Wildman–Crippen LogP) is 1.11. The van der Waals surface area contributed by atoms with Crippen molar-refractivity contribution in [1.82, 2.24) is 10.3 Å². The SMILES string of the molecule is CCC(=O)NCc1ccncc1.